The van der Waals surface area contributed by atoms with Crippen molar-refractivity contribution < 1.29 is 0 Å². The Morgan fingerprint density at radius 1 is 1.47 bits per heavy atom. The van der Waals surface area contributed by atoms with Crippen molar-refractivity contribution in [2.24, 2.45) is 5.73 Å². The predicted octanol–water partition coefficient (Wildman–Crippen LogP) is 2.66. The summed E-state index contributed by atoms with van der Waals surface area (Å²) in [6.07, 6.45) is 3.60. The van der Waals surface area contributed by atoms with Crippen molar-refractivity contribution in [1.29, 1.82) is 0 Å². The molecule has 1 heterocycles. The van der Waals surface area contributed by atoms with E-state index in [0.29, 0.717) is 6.04 Å². The zero-order valence-corrected chi connectivity index (χ0v) is 10.6. The summed E-state index contributed by atoms with van der Waals surface area (Å²) in [4.78, 5) is 0. The van der Waals surface area contributed by atoms with Gasteiger partial charge < -0.3 is 11.1 Å². The van der Waals surface area contributed by atoms with Gasteiger partial charge >= 0.3 is 0 Å². The van der Waals surface area contributed by atoms with E-state index in [0.717, 1.165) is 19.5 Å². The maximum absolute atomic E-state index is 5.98. The third kappa shape index (κ3) is 4.78. The van der Waals surface area contributed by atoms with Crippen molar-refractivity contribution in [2.75, 3.05) is 6.54 Å². The lowest BCUT2D eigenvalue weighted by molar-refractivity contribution is 0.524. The van der Waals surface area contributed by atoms with Crippen LogP contribution < -0.4 is 11.1 Å². The maximum Gasteiger partial charge on any atom is 0.0217 e. The first-order valence-corrected chi connectivity index (χ1v) is 6.66. The van der Waals surface area contributed by atoms with Crippen molar-refractivity contribution in [3.05, 3.63) is 21.9 Å². The molecule has 0 aromatic carbocycles. The van der Waals surface area contributed by atoms with E-state index in [1.165, 1.54) is 24.0 Å². The van der Waals surface area contributed by atoms with Crippen LogP contribution in [0.25, 0.3) is 0 Å². The van der Waals surface area contributed by atoms with Crippen LogP contribution in [0.5, 0.6) is 0 Å². The van der Waals surface area contributed by atoms with Crippen molar-refractivity contribution in [2.45, 2.75) is 45.7 Å². The smallest absolute Gasteiger partial charge is 0.0217 e. The van der Waals surface area contributed by atoms with Gasteiger partial charge in [0.15, 0.2) is 0 Å². The van der Waals surface area contributed by atoms with Crippen LogP contribution in [0.1, 0.15) is 37.3 Å². The van der Waals surface area contributed by atoms with Gasteiger partial charge in [0.2, 0.25) is 0 Å². The SMILES string of the molecule is CCCCC(N)CNCc1cscc1C. The quantitative estimate of drug-likeness (QED) is 0.750. The van der Waals surface area contributed by atoms with Crippen LogP contribution >= 0.6 is 11.3 Å². The molecular weight excluding hydrogens is 204 g/mol. The standard InChI is InChI=1S/C12H22N2S/c1-3-4-5-12(13)7-14-6-11-9-15-8-10(11)2/h8-9,12,14H,3-7,13H2,1-2H3. The molecule has 1 aromatic heterocycles. The third-order valence-corrected chi connectivity index (χ3v) is 3.52. The molecular formula is C12H22N2S. The highest BCUT2D eigenvalue weighted by molar-refractivity contribution is 7.08. The lowest BCUT2D eigenvalue weighted by Gasteiger charge is -2.11. The minimum absolute atomic E-state index is 0.309. The Labute approximate surface area is 96.9 Å². The molecule has 0 saturated carbocycles. The van der Waals surface area contributed by atoms with Crippen molar-refractivity contribution >= 4 is 11.3 Å². The largest absolute Gasteiger partial charge is 0.327 e. The van der Waals surface area contributed by atoms with Gasteiger partial charge in [0.1, 0.15) is 0 Å². The van der Waals surface area contributed by atoms with Gasteiger partial charge in [-0.3, -0.25) is 0 Å². The molecule has 0 amide bonds. The molecule has 0 radical (unpaired) electrons. The van der Waals surface area contributed by atoms with Gasteiger partial charge in [0, 0.05) is 19.1 Å². The van der Waals surface area contributed by atoms with Crippen molar-refractivity contribution in [3.8, 4) is 0 Å². The highest BCUT2D eigenvalue weighted by atomic mass is 32.1. The van der Waals surface area contributed by atoms with E-state index in [1.807, 2.05) is 0 Å². The molecule has 0 bridgehead atoms. The Morgan fingerprint density at radius 2 is 2.27 bits per heavy atom. The molecule has 3 heteroatoms. The summed E-state index contributed by atoms with van der Waals surface area (Å²) in [6, 6.07) is 0.309. The van der Waals surface area contributed by atoms with Gasteiger partial charge in [-0.25, -0.2) is 0 Å². The first-order valence-electron chi connectivity index (χ1n) is 5.72. The van der Waals surface area contributed by atoms with E-state index in [-0.39, 0.29) is 0 Å². The van der Waals surface area contributed by atoms with Gasteiger partial charge in [0.25, 0.3) is 0 Å². The molecule has 0 spiro atoms. The topological polar surface area (TPSA) is 38.0 Å². The summed E-state index contributed by atoms with van der Waals surface area (Å²) < 4.78 is 0. The molecule has 1 unspecified atom stereocenters. The molecule has 1 atom stereocenters. The zero-order valence-electron chi connectivity index (χ0n) is 9.75. The molecule has 2 nitrogen and oxygen atoms in total. The summed E-state index contributed by atoms with van der Waals surface area (Å²) in [5.74, 6) is 0. The summed E-state index contributed by atoms with van der Waals surface area (Å²) in [6.45, 7) is 6.24. The molecule has 1 aromatic rings. The molecule has 3 N–H and O–H groups in total. The van der Waals surface area contributed by atoms with Crippen LogP contribution in [0.3, 0.4) is 0 Å². The first-order chi connectivity index (χ1) is 7.24. The predicted molar refractivity (Wildman–Crippen MR) is 68.3 cm³/mol. The van der Waals surface area contributed by atoms with E-state index >= 15 is 0 Å². The highest BCUT2D eigenvalue weighted by Crippen LogP contribution is 2.12. The maximum atomic E-state index is 5.98. The van der Waals surface area contributed by atoms with Crippen LogP contribution in [0.4, 0.5) is 0 Å². The lowest BCUT2D eigenvalue weighted by Crippen LogP contribution is -2.33. The van der Waals surface area contributed by atoms with E-state index in [1.54, 1.807) is 11.3 Å². The first kappa shape index (κ1) is 12.7. The number of nitrogens with two attached hydrogens (primary N) is 1. The molecule has 0 fully saturated rings. The van der Waals surface area contributed by atoms with Crippen LogP contribution in [-0.2, 0) is 6.54 Å². The van der Waals surface area contributed by atoms with E-state index in [2.05, 4.69) is 29.9 Å². The Balaban J connectivity index is 2.13. The van der Waals surface area contributed by atoms with Crippen LogP contribution in [-0.4, -0.2) is 12.6 Å². The minimum Gasteiger partial charge on any atom is -0.327 e. The van der Waals surface area contributed by atoms with Gasteiger partial charge in [-0.05, 0) is 35.2 Å². The minimum atomic E-state index is 0.309. The normalized spacial score (nSPS) is 13.0. The number of thiophene rings is 1. The summed E-state index contributed by atoms with van der Waals surface area (Å²) in [5.41, 5.74) is 8.77. The molecule has 1 rings (SSSR count). The number of hydrogen-bond acceptors (Lipinski definition) is 3. The van der Waals surface area contributed by atoms with Gasteiger partial charge in [-0.1, -0.05) is 19.8 Å². The average Bonchev–Trinajstić information content (AvgIpc) is 2.61. The van der Waals surface area contributed by atoms with Crippen LogP contribution in [0.15, 0.2) is 10.8 Å². The molecule has 0 saturated heterocycles. The fraction of sp³-hybridized carbons (Fsp3) is 0.667. The second-order valence-corrected chi connectivity index (χ2v) is 4.86. The number of hydrogen-bond donors (Lipinski definition) is 2. The zero-order chi connectivity index (χ0) is 11.1. The molecule has 0 aliphatic rings. The Kier molecular flexibility index (Phi) is 5.91. The Bertz CT molecular complexity index is 270. The molecule has 15 heavy (non-hydrogen) atoms. The third-order valence-electron chi connectivity index (χ3n) is 2.61. The lowest BCUT2D eigenvalue weighted by atomic mass is 10.1. The van der Waals surface area contributed by atoms with E-state index < -0.39 is 0 Å². The van der Waals surface area contributed by atoms with Crippen LogP contribution in [0.2, 0.25) is 0 Å². The fourth-order valence-corrected chi connectivity index (χ4v) is 2.39. The number of unbranched alkanes of at least 4 members (excludes halogenated alkanes) is 1. The summed E-state index contributed by atoms with van der Waals surface area (Å²) >= 11 is 1.77. The average molecular weight is 226 g/mol. The highest BCUT2D eigenvalue weighted by Gasteiger charge is 2.02. The Morgan fingerprint density at radius 3 is 2.87 bits per heavy atom. The van der Waals surface area contributed by atoms with E-state index in [4.69, 9.17) is 5.73 Å². The van der Waals surface area contributed by atoms with Crippen LogP contribution in [0, 0.1) is 6.92 Å². The molecule has 0 aliphatic heterocycles. The van der Waals surface area contributed by atoms with E-state index in [9.17, 15) is 0 Å². The summed E-state index contributed by atoms with van der Waals surface area (Å²) in [7, 11) is 0. The number of aryl methyl sites for hydroxylation is 1. The number of rotatable bonds is 7. The van der Waals surface area contributed by atoms with Gasteiger partial charge in [-0.15, -0.1) is 0 Å². The fourth-order valence-electron chi connectivity index (χ4n) is 1.53. The molecule has 86 valence electrons. The summed E-state index contributed by atoms with van der Waals surface area (Å²) in [5, 5.41) is 7.82. The second kappa shape index (κ2) is 6.99. The van der Waals surface area contributed by atoms with Crippen molar-refractivity contribution in [3.63, 3.8) is 0 Å². The monoisotopic (exact) mass is 226 g/mol. The van der Waals surface area contributed by atoms with Gasteiger partial charge in [-0.2, -0.15) is 11.3 Å². The van der Waals surface area contributed by atoms with Gasteiger partial charge in [0.05, 0.1) is 0 Å². The van der Waals surface area contributed by atoms with Crippen molar-refractivity contribution in [1.82, 2.24) is 5.32 Å². The number of nitrogens with one attached hydrogen (secondary N) is 1. The Hall–Kier alpha value is -0.380. The molecule has 0 aliphatic carbocycles. The second-order valence-electron chi connectivity index (χ2n) is 4.11.